The van der Waals surface area contributed by atoms with Crippen LogP contribution in [0.15, 0.2) is 47.6 Å². The Balaban J connectivity index is 1.46. The van der Waals surface area contributed by atoms with Gasteiger partial charge in [-0.15, -0.1) is 10.2 Å². The minimum Gasteiger partial charge on any atom is -0.351 e. The molecule has 4 rings (SSSR count). The van der Waals surface area contributed by atoms with Crippen LogP contribution in [-0.4, -0.2) is 31.4 Å². The fraction of sp³-hybridized carbons (Fsp3) is 0.158. The van der Waals surface area contributed by atoms with Crippen molar-refractivity contribution in [3.05, 3.63) is 59.7 Å². The monoisotopic (exact) mass is 399 g/mol. The molecule has 6 nitrogen and oxygen atoms in total. The number of hydrogen-bond donors (Lipinski definition) is 1. The van der Waals surface area contributed by atoms with Crippen LogP contribution in [0.1, 0.15) is 5.56 Å². The minimum absolute atomic E-state index is 0.0697. The molecule has 0 unspecified atom stereocenters. The third-order valence-corrected chi connectivity index (χ3v) is 5.15. The molecular weight excluding hydrogens is 384 g/mol. The van der Waals surface area contributed by atoms with Crippen molar-refractivity contribution in [2.45, 2.75) is 11.7 Å². The average molecular weight is 399 g/mol. The average Bonchev–Trinajstić information content (AvgIpc) is 2.97. The second-order valence-electron chi connectivity index (χ2n) is 6.14. The van der Waals surface area contributed by atoms with Gasteiger partial charge in [0.05, 0.1) is 11.3 Å². The Hall–Kier alpha value is -3.07. The summed E-state index contributed by atoms with van der Waals surface area (Å²) in [5.74, 6) is -0.913. The van der Waals surface area contributed by atoms with E-state index in [-0.39, 0.29) is 29.8 Å². The summed E-state index contributed by atoms with van der Waals surface area (Å²) < 4.78 is 28.9. The van der Waals surface area contributed by atoms with Crippen LogP contribution in [0.2, 0.25) is 0 Å². The summed E-state index contributed by atoms with van der Waals surface area (Å²) in [4.78, 5) is 16.5. The molecule has 0 saturated carbocycles. The second-order valence-corrected chi connectivity index (χ2v) is 7.09. The van der Waals surface area contributed by atoms with E-state index in [2.05, 4.69) is 20.5 Å². The number of rotatable bonds is 5. The van der Waals surface area contributed by atoms with E-state index in [9.17, 15) is 13.6 Å². The third-order valence-electron chi connectivity index (χ3n) is 4.31. The molecule has 1 N–H and O–H groups in total. The van der Waals surface area contributed by atoms with Crippen molar-refractivity contribution >= 4 is 39.7 Å². The summed E-state index contributed by atoms with van der Waals surface area (Å²) in [7, 11) is 1.81. The number of fused-ring (bicyclic) bond motifs is 3. The first kappa shape index (κ1) is 18.3. The molecule has 0 aliphatic carbocycles. The fourth-order valence-electron chi connectivity index (χ4n) is 2.89. The molecule has 0 bridgehead atoms. The summed E-state index contributed by atoms with van der Waals surface area (Å²) >= 11 is 1.13. The van der Waals surface area contributed by atoms with Crippen molar-refractivity contribution in [1.82, 2.24) is 25.1 Å². The number of carbonyl (C=O) groups is 1. The number of carbonyl (C=O) groups excluding carboxylic acids is 1. The predicted octanol–water partition coefficient (Wildman–Crippen LogP) is 3.20. The smallest absolute Gasteiger partial charge is 0.230 e. The van der Waals surface area contributed by atoms with E-state index in [1.807, 2.05) is 7.05 Å². The lowest BCUT2D eigenvalue weighted by molar-refractivity contribution is -0.118. The number of amides is 1. The third kappa shape index (κ3) is 3.53. The highest BCUT2D eigenvalue weighted by molar-refractivity contribution is 7.99. The number of thioether (sulfide) groups is 1. The van der Waals surface area contributed by atoms with E-state index < -0.39 is 0 Å². The van der Waals surface area contributed by atoms with Crippen LogP contribution in [-0.2, 0) is 18.4 Å². The topological polar surface area (TPSA) is 72.7 Å². The molecule has 2 aromatic heterocycles. The van der Waals surface area contributed by atoms with Gasteiger partial charge in [0.2, 0.25) is 11.1 Å². The molecule has 0 radical (unpaired) electrons. The molecule has 9 heteroatoms. The van der Waals surface area contributed by atoms with Crippen molar-refractivity contribution in [3.8, 4) is 0 Å². The van der Waals surface area contributed by atoms with Gasteiger partial charge in [0.1, 0.15) is 17.2 Å². The quantitative estimate of drug-likeness (QED) is 0.522. The Bertz CT molecular complexity index is 1190. The van der Waals surface area contributed by atoms with Gasteiger partial charge >= 0.3 is 0 Å². The maximum atomic E-state index is 13.6. The Kier molecular flexibility index (Phi) is 4.91. The van der Waals surface area contributed by atoms with Crippen molar-refractivity contribution in [2.75, 3.05) is 5.75 Å². The normalized spacial score (nSPS) is 11.2. The van der Waals surface area contributed by atoms with E-state index in [0.29, 0.717) is 27.3 Å². The van der Waals surface area contributed by atoms with Gasteiger partial charge in [-0.25, -0.2) is 13.8 Å². The molecule has 28 heavy (non-hydrogen) atoms. The van der Waals surface area contributed by atoms with Gasteiger partial charge in [-0.1, -0.05) is 30.0 Å². The number of benzene rings is 2. The van der Waals surface area contributed by atoms with Gasteiger partial charge in [-0.3, -0.25) is 4.79 Å². The van der Waals surface area contributed by atoms with E-state index in [1.54, 1.807) is 28.8 Å². The maximum Gasteiger partial charge on any atom is 0.230 e. The first-order chi connectivity index (χ1) is 13.5. The van der Waals surface area contributed by atoms with Crippen molar-refractivity contribution < 1.29 is 13.6 Å². The minimum atomic E-state index is -0.361. The summed E-state index contributed by atoms with van der Waals surface area (Å²) in [6.07, 6.45) is 0. The SMILES string of the molecule is Cn1c2ccc(F)cc2c2nnc(SCC(=O)NCc3ccccc3F)nc21. The highest BCUT2D eigenvalue weighted by Crippen LogP contribution is 2.26. The zero-order chi connectivity index (χ0) is 19.7. The Labute approximate surface area is 163 Å². The predicted molar refractivity (Wildman–Crippen MR) is 103 cm³/mol. The lowest BCUT2D eigenvalue weighted by atomic mass is 10.2. The second kappa shape index (κ2) is 7.51. The van der Waals surface area contributed by atoms with Gasteiger partial charge in [0, 0.05) is 24.5 Å². The summed E-state index contributed by atoms with van der Waals surface area (Å²) in [5.41, 5.74) is 2.28. The van der Waals surface area contributed by atoms with E-state index in [0.717, 1.165) is 17.3 Å². The molecule has 0 atom stereocenters. The van der Waals surface area contributed by atoms with Crippen molar-refractivity contribution in [3.63, 3.8) is 0 Å². The molecule has 1 amide bonds. The summed E-state index contributed by atoms with van der Waals surface area (Å²) in [6, 6.07) is 10.7. The standard InChI is InChI=1S/C19H15F2N5OS/c1-26-15-7-6-12(20)8-13(15)17-18(26)23-19(25-24-17)28-10-16(27)22-9-11-4-2-3-5-14(11)21/h2-8H,9-10H2,1H3,(H,22,27). The highest BCUT2D eigenvalue weighted by Gasteiger charge is 2.14. The summed E-state index contributed by atoms with van der Waals surface area (Å²) in [6.45, 7) is 0.110. The number of aryl methyl sites for hydroxylation is 1. The lowest BCUT2D eigenvalue weighted by Crippen LogP contribution is -2.25. The van der Waals surface area contributed by atoms with Crippen LogP contribution in [0.25, 0.3) is 22.1 Å². The zero-order valence-corrected chi connectivity index (χ0v) is 15.6. The summed E-state index contributed by atoms with van der Waals surface area (Å²) in [5, 5.41) is 11.8. The van der Waals surface area contributed by atoms with Gasteiger partial charge in [-0.05, 0) is 24.3 Å². The van der Waals surface area contributed by atoms with E-state index >= 15 is 0 Å². The maximum absolute atomic E-state index is 13.6. The molecule has 4 aromatic rings. The van der Waals surface area contributed by atoms with Crippen LogP contribution in [0, 0.1) is 11.6 Å². The molecule has 0 aliphatic heterocycles. The first-order valence-electron chi connectivity index (χ1n) is 8.44. The van der Waals surface area contributed by atoms with Crippen LogP contribution >= 0.6 is 11.8 Å². The largest absolute Gasteiger partial charge is 0.351 e. The molecule has 0 aliphatic rings. The van der Waals surface area contributed by atoms with Gasteiger partial charge < -0.3 is 9.88 Å². The number of aromatic nitrogens is 4. The van der Waals surface area contributed by atoms with E-state index in [1.165, 1.54) is 18.2 Å². The van der Waals surface area contributed by atoms with Gasteiger partial charge in [-0.2, -0.15) is 0 Å². The number of hydrogen-bond acceptors (Lipinski definition) is 5. The lowest BCUT2D eigenvalue weighted by Gasteiger charge is -2.05. The number of nitrogens with one attached hydrogen (secondary N) is 1. The molecule has 2 aromatic carbocycles. The molecule has 0 saturated heterocycles. The molecular formula is C19H15F2N5OS. The number of nitrogens with zero attached hydrogens (tertiary/aromatic N) is 4. The van der Waals surface area contributed by atoms with Gasteiger partial charge in [0.25, 0.3) is 0 Å². The molecule has 0 spiro atoms. The van der Waals surface area contributed by atoms with Crippen LogP contribution in [0.4, 0.5) is 8.78 Å². The Morgan fingerprint density at radius 1 is 1.18 bits per heavy atom. The van der Waals surface area contributed by atoms with Crippen LogP contribution in [0.5, 0.6) is 0 Å². The molecule has 142 valence electrons. The van der Waals surface area contributed by atoms with E-state index in [4.69, 9.17) is 0 Å². The van der Waals surface area contributed by atoms with Gasteiger partial charge in [0.15, 0.2) is 5.65 Å². The van der Waals surface area contributed by atoms with Crippen LogP contribution in [0.3, 0.4) is 0 Å². The zero-order valence-electron chi connectivity index (χ0n) is 14.8. The van der Waals surface area contributed by atoms with Crippen molar-refractivity contribution in [1.29, 1.82) is 0 Å². The molecule has 0 fully saturated rings. The van der Waals surface area contributed by atoms with Crippen molar-refractivity contribution in [2.24, 2.45) is 7.05 Å². The van der Waals surface area contributed by atoms with Crippen LogP contribution < -0.4 is 5.32 Å². The highest BCUT2D eigenvalue weighted by atomic mass is 32.2. The Morgan fingerprint density at radius 2 is 2.00 bits per heavy atom. The molecule has 2 heterocycles. The fourth-order valence-corrected chi connectivity index (χ4v) is 3.51. The first-order valence-corrected chi connectivity index (χ1v) is 9.43. The number of halogens is 2. The Morgan fingerprint density at radius 3 is 2.82 bits per heavy atom.